The molecule has 6 heteroatoms. The number of anilines is 1. The number of hydrogen-bond acceptors (Lipinski definition) is 4. The quantitative estimate of drug-likeness (QED) is 0.772. The van der Waals surface area contributed by atoms with Gasteiger partial charge in [0.15, 0.2) is 0 Å². The molecule has 1 aliphatic rings. The van der Waals surface area contributed by atoms with E-state index in [9.17, 15) is 9.59 Å². The second-order valence-corrected chi connectivity index (χ2v) is 7.32. The van der Waals surface area contributed by atoms with Crippen molar-refractivity contribution in [3.8, 4) is 5.75 Å². The summed E-state index contributed by atoms with van der Waals surface area (Å²) in [7, 11) is 1.60. The molecular formula is C20H31N3O3. The minimum Gasteiger partial charge on any atom is -0.497 e. The molecule has 1 aliphatic heterocycles. The lowest BCUT2D eigenvalue weighted by atomic mass is 10.1. The Morgan fingerprint density at radius 2 is 2.00 bits per heavy atom. The summed E-state index contributed by atoms with van der Waals surface area (Å²) in [5.41, 5.74) is 0.774. The maximum atomic E-state index is 12.5. The van der Waals surface area contributed by atoms with Gasteiger partial charge in [0.05, 0.1) is 13.0 Å². The van der Waals surface area contributed by atoms with Crippen molar-refractivity contribution in [2.24, 2.45) is 5.92 Å². The van der Waals surface area contributed by atoms with Gasteiger partial charge in [-0.1, -0.05) is 6.07 Å². The number of benzene rings is 1. The van der Waals surface area contributed by atoms with E-state index in [0.717, 1.165) is 12.2 Å². The molecule has 0 radical (unpaired) electrons. The predicted molar refractivity (Wildman–Crippen MR) is 103 cm³/mol. The van der Waals surface area contributed by atoms with Crippen LogP contribution in [0.1, 0.15) is 34.1 Å². The first-order chi connectivity index (χ1) is 12.3. The number of carbonyl (C=O) groups excluding carboxylic acids is 2. The number of methoxy groups -OCH3 is 1. The van der Waals surface area contributed by atoms with Gasteiger partial charge in [-0.2, -0.15) is 0 Å². The van der Waals surface area contributed by atoms with Gasteiger partial charge in [-0.25, -0.2) is 0 Å². The van der Waals surface area contributed by atoms with E-state index in [-0.39, 0.29) is 24.2 Å². The van der Waals surface area contributed by atoms with Crippen LogP contribution >= 0.6 is 0 Å². The normalized spacial score (nSPS) is 17.5. The number of ether oxygens (including phenoxy) is 1. The van der Waals surface area contributed by atoms with Gasteiger partial charge in [-0.3, -0.25) is 14.5 Å². The molecule has 26 heavy (non-hydrogen) atoms. The largest absolute Gasteiger partial charge is 0.497 e. The highest BCUT2D eigenvalue weighted by molar-refractivity contribution is 6.00. The van der Waals surface area contributed by atoms with Crippen molar-refractivity contribution < 1.29 is 14.3 Å². The molecule has 0 aliphatic carbocycles. The standard InChI is InChI=1S/C20H31N3O3/c1-14(2)22(15(3)4)10-9-21-20(25)16-11-19(24)23(13-16)17-7-6-8-18(12-17)26-5/h6-8,12,14-16H,9-11,13H2,1-5H3,(H,21,25). The van der Waals surface area contributed by atoms with Crippen molar-refractivity contribution >= 4 is 17.5 Å². The zero-order valence-corrected chi connectivity index (χ0v) is 16.5. The van der Waals surface area contributed by atoms with E-state index in [0.29, 0.717) is 30.9 Å². The number of rotatable bonds is 8. The molecule has 1 atom stereocenters. The molecule has 1 heterocycles. The van der Waals surface area contributed by atoms with Crippen molar-refractivity contribution in [1.29, 1.82) is 0 Å². The molecule has 1 aromatic carbocycles. The molecule has 1 unspecified atom stereocenters. The van der Waals surface area contributed by atoms with E-state index in [4.69, 9.17) is 4.74 Å². The van der Waals surface area contributed by atoms with Crippen LogP contribution in [-0.4, -0.2) is 55.5 Å². The van der Waals surface area contributed by atoms with E-state index in [2.05, 4.69) is 37.9 Å². The third kappa shape index (κ3) is 4.97. The van der Waals surface area contributed by atoms with E-state index in [1.165, 1.54) is 0 Å². The fourth-order valence-electron chi connectivity index (χ4n) is 3.48. The van der Waals surface area contributed by atoms with Crippen molar-refractivity contribution in [3.63, 3.8) is 0 Å². The van der Waals surface area contributed by atoms with Crippen LogP contribution in [0.5, 0.6) is 5.75 Å². The summed E-state index contributed by atoms with van der Waals surface area (Å²) in [6.45, 7) is 10.4. The van der Waals surface area contributed by atoms with Crippen LogP contribution in [0, 0.1) is 5.92 Å². The Morgan fingerprint density at radius 3 is 2.62 bits per heavy atom. The molecule has 0 aromatic heterocycles. The zero-order valence-electron chi connectivity index (χ0n) is 16.5. The number of amides is 2. The molecule has 144 valence electrons. The SMILES string of the molecule is COc1cccc(N2CC(C(=O)NCCN(C(C)C)C(C)C)CC2=O)c1. The number of nitrogens with zero attached hydrogens (tertiary/aromatic N) is 2. The van der Waals surface area contributed by atoms with Crippen molar-refractivity contribution in [2.75, 3.05) is 31.6 Å². The van der Waals surface area contributed by atoms with Gasteiger partial charge < -0.3 is 15.0 Å². The molecule has 1 saturated heterocycles. The number of carbonyl (C=O) groups is 2. The van der Waals surface area contributed by atoms with Crippen LogP contribution in [-0.2, 0) is 9.59 Å². The van der Waals surface area contributed by atoms with Crippen LogP contribution in [0.4, 0.5) is 5.69 Å². The minimum atomic E-state index is -0.305. The molecule has 0 bridgehead atoms. The monoisotopic (exact) mass is 361 g/mol. The van der Waals surface area contributed by atoms with Crippen molar-refractivity contribution in [2.45, 2.75) is 46.2 Å². The van der Waals surface area contributed by atoms with E-state index in [1.54, 1.807) is 12.0 Å². The molecule has 1 aromatic rings. The Kier molecular flexibility index (Phi) is 7.03. The molecule has 0 saturated carbocycles. The summed E-state index contributed by atoms with van der Waals surface area (Å²) in [5.74, 6) is 0.325. The lowest BCUT2D eigenvalue weighted by Crippen LogP contribution is -2.43. The maximum Gasteiger partial charge on any atom is 0.227 e. The molecule has 0 spiro atoms. The van der Waals surface area contributed by atoms with E-state index < -0.39 is 0 Å². The predicted octanol–water partition coefficient (Wildman–Crippen LogP) is 2.28. The third-order valence-corrected chi connectivity index (χ3v) is 4.86. The smallest absolute Gasteiger partial charge is 0.227 e. The van der Waals surface area contributed by atoms with Crippen LogP contribution in [0.25, 0.3) is 0 Å². The fourth-order valence-corrected chi connectivity index (χ4v) is 3.48. The van der Waals surface area contributed by atoms with Gasteiger partial charge in [0, 0.05) is 49.9 Å². The Hall–Kier alpha value is -2.08. The summed E-state index contributed by atoms with van der Waals surface area (Å²) in [6, 6.07) is 8.24. The Bertz CT molecular complexity index is 622. The average Bonchev–Trinajstić information content (AvgIpc) is 2.99. The summed E-state index contributed by atoms with van der Waals surface area (Å²) in [4.78, 5) is 28.8. The van der Waals surface area contributed by atoms with Gasteiger partial charge in [0.1, 0.15) is 5.75 Å². The number of nitrogens with one attached hydrogen (secondary N) is 1. The Morgan fingerprint density at radius 1 is 1.31 bits per heavy atom. The number of hydrogen-bond donors (Lipinski definition) is 1. The second kappa shape index (κ2) is 9.03. The highest BCUT2D eigenvalue weighted by atomic mass is 16.5. The molecular weight excluding hydrogens is 330 g/mol. The molecule has 2 rings (SSSR count). The lowest BCUT2D eigenvalue weighted by Gasteiger charge is -2.30. The lowest BCUT2D eigenvalue weighted by molar-refractivity contribution is -0.126. The molecule has 1 fully saturated rings. The minimum absolute atomic E-state index is 0.0237. The summed E-state index contributed by atoms with van der Waals surface area (Å²) >= 11 is 0. The zero-order chi connectivity index (χ0) is 19.3. The van der Waals surface area contributed by atoms with Gasteiger partial charge in [0.2, 0.25) is 11.8 Å². The summed E-state index contributed by atoms with van der Waals surface area (Å²) in [6.07, 6.45) is 0.251. The Labute approximate surface area is 156 Å². The maximum absolute atomic E-state index is 12.5. The fraction of sp³-hybridized carbons (Fsp3) is 0.600. The van der Waals surface area contributed by atoms with Gasteiger partial charge >= 0.3 is 0 Å². The molecule has 2 amide bonds. The van der Waals surface area contributed by atoms with Crippen LogP contribution in [0.3, 0.4) is 0 Å². The van der Waals surface area contributed by atoms with Gasteiger partial charge in [0.25, 0.3) is 0 Å². The highest BCUT2D eigenvalue weighted by Gasteiger charge is 2.35. The second-order valence-electron chi connectivity index (χ2n) is 7.32. The topological polar surface area (TPSA) is 61.9 Å². The summed E-state index contributed by atoms with van der Waals surface area (Å²) < 4.78 is 5.22. The summed E-state index contributed by atoms with van der Waals surface area (Å²) in [5, 5.41) is 3.00. The Balaban J connectivity index is 1.90. The first kappa shape index (κ1) is 20.2. The first-order valence-corrected chi connectivity index (χ1v) is 9.31. The van der Waals surface area contributed by atoms with E-state index >= 15 is 0 Å². The first-order valence-electron chi connectivity index (χ1n) is 9.31. The van der Waals surface area contributed by atoms with Gasteiger partial charge in [-0.15, -0.1) is 0 Å². The molecule has 6 nitrogen and oxygen atoms in total. The average molecular weight is 361 g/mol. The van der Waals surface area contributed by atoms with Crippen molar-refractivity contribution in [1.82, 2.24) is 10.2 Å². The highest BCUT2D eigenvalue weighted by Crippen LogP contribution is 2.27. The van der Waals surface area contributed by atoms with Crippen molar-refractivity contribution in [3.05, 3.63) is 24.3 Å². The van der Waals surface area contributed by atoms with Crippen LogP contribution in [0.2, 0.25) is 0 Å². The van der Waals surface area contributed by atoms with Crippen LogP contribution in [0.15, 0.2) is 24.3 Å². The van der Waals surface area contributed by atoms with Crippen LogP contribution < -0.4 is 15.0 Å². The third-order valence-electron chi connectivity index (χ3n) is 4.86. The van der Waals surface area contributed by atoms with E-state index in [1.807, 2.05) is 24.3 Å². The molecule has 1 N–H and O–H groups in total. The van der Waals surface area contributed by atoms with Gasteiger partial charge in [-0.05, 0) is 39.8 Å².